The first-order valence-corrected chi connectivity index (χ1v) is 10.6. The van der Waals surface area contributed by atoms with Gasteiger partial charge in [0, 0.05) is 30.9 Å². The first-order chi connectivity index (χ1) is 14.3. The minimum Gasteiger partial charge on any atom is -0.486 e. The number of anilines is 1. The molecule has 1 aromatic carbocycles. The summed E-state index contributed by atoms with van der Waals surface area (Å²) in [6.45, 7) is 5.47. The van der Waals surface area contributed by atoms with Crippen molar-refractivity contribution in [1.82, 2.24) is 14.9 Å². The molecule has 1 aromatic heterocycles. The Morgan fingerprint density at radius 3 is 2.97 bits per heavy atom. The van der Waals surface area contributed by atoms with Gasteiger partial charge in [-0.3, -0.25) is 4.90 Å². The average molecular weight is 394 g/mol. The van der Waals surface area contributed by atoms with Crippen molar-refractivity contribution in [2.45, 2.75) is 43.9 Å². The SMILES string of the molecule is c1cc2c(cc1CN1CC[C@@]3(COCc4cnc(NC5CC5)nc43)C1)OCCO2. The molecule has 1 aliphatic carbocycles. The summed E-state index contributed by atoms with van der Waals surface area (Å²) in [5, 5.41) is 3.45. The van der Waals surface area contributed by atoms with Crippen molar-refractivity contribution in [3.63, 3.8) is 0 Å². The molecule has 1 saturated carbocycles. The molecule has 29 heavy (non-hydrogen) atoms. The quantitative estimate of drug-likeness (QED) is 0.854. The maximum Gasteiger partial charge on any atom is 0.223 e. The van der Waals surface area contributed by atoms with Crippen molar-refractivity contribution in [1.29, 1.82) is 0 Å². The van der Waals surface area contributed by atoms with Crippen molar-refractivity contribution in [2.75, 3.05) is 38.2 Å². The number of nitrogens with zero attached hydrogens (tertiary/aromatic N) is 3. The minimum atomic E-state index is -0.0374. The first-order valence-electron chi connectivity index (χ1n) is 10.6. The molecule has 4 heterocycles. The summed E-state index contributed by atoms with van der Waals surface area (Å²) < 4.78 is 17.4. The molecule has 6 rings (SSSR count). The molecule has 1 saturated heterocycles. The van der Waals surface area contributed by atoms with E-state index in [0.29, 0.717) is 25.9 Å². The molecule has 3 aliphatic heterocycles. The van der Waals surface area contributed by atoms with Crippen LogP contribution < -0.4 is 14.8 Å². The lowest BCUT2D eigenvalue weighted by Gasteiger charge is -2.34. The zero-order valence-electron chi connectivity index (χ0n) is 16.5. The highest BCUT2D eigenvalue weighted by Gasteiger charge is 2.45. The fourth-order valence-electron chi connectivity index (χ4n) is 4.72. The van der Waals surface area contributed by atoms with Gasteiger partial charge >= 0.3 is 0 Å². The lowest BCUT2D eigenvalue weighted by atomic mass is 9.80. The van der Waals surface area contributed by atoms with E-state index in [4.69, 9.17) is 19.2 Å². The van der Waals surface area contributed by atoms with Crippen LogP contribution in [0.25, 0.3) is 0 Å². The Hall–Kier alpha value is -2.38. The van der Waals surface area contributed by atoms with Gasteiger partial charge in [-0.2, -0.15) is 0 Å². The summed E-state index contributed by atoms with van der Waals surface area (Å²) in [6.07, 6.45) is 5.46. The summed E-state index contributed by atoms with van der Waals surface area (Å²) in [5.41, 5.74) is 3.54. The van der Waals surface area contributed by atoms with Gasteiger partial charge in [0.2, 0.25) is 5.95 Å². The van der Waals surface area contributed by atoms with E-state index in [0.717, 1.165) is 55.7 Å². The van der Waals surface area contributed by atoms with Crippen LogP contribution in [-0.2, 0) is 23.3 Å². The van der Waals surface area contributed by atoms with E-state index < -0.39 is 0 Å². The largest absolute Gasteiger partial charge is 0.486 e. The smallest absolute Gasteiger partial charge is 0.223 e. The molecule has 4 aliphatic rings. The fraction of sp³-hybridized carbons (Fsp3) is 0.545. The van der Waals surface area contributed by atoms with Crippen LogP contribution in [0.3, 0.4) is 0 Å². The second-order valence-corrected chi connectivity index (χ2v) is 8.70. The first kappa shape index (κ1) is 17.5. The minimum absolute atomic E-state index is 0.0374. The van der Waals surface area contributed by atoms with E-state index in [2.05, 4.69) is 27.3 Å². The Kier molecular flexibility index (Phi) is 4.13. The topological polar surface area (TPSA) is 68.7 Å². The Morgan fingerprint density at radius 2 is 2.07 bits per heavy atom. The Morgan fingerprint density at radius 1 is 1.17 bits per heavy atom. The fourth-order valence-corrected chi connectivity index (χ4v) is 4.72. The number of likely N-dealkylation sites (tertiary alicyclic amines) is 1. The number of aromatic nitrogens is 2. The van der Waals surface area contributed by atoms with Crippen LogP contribution in [0.5, 0.6) is 11.5 Å². The van der Waals surface area contributed by atoms with Gasteiger partial charge in [0.25, 0.3) is 0 Å². The summed E-state index contributed by atoms with van der Waals surface area (Å²) in [5.74, 6) is 2.48. The summed E-state index contributed by atoms with van der Waals surface area (Å²) >= 11 is 0. The molecule has 2 aromatic rings. The lowest BCUT2D eigenvalue weighted by Crippen LogP contribution is -2.40. The van der Waals surface area contributed by atoms with Crippen LogP contribution in [0.1, 0.15) is 36.1 Å². The zero-order chi connectivity index (χ0) is 19.3. The van der Waals surface area contributed by atoms with Crippen LogP contribution in [0.4, 0.5) is 5.95 Å². The van der Waals surface area contributed by atoms with Gasteiger partial charge in [-0.15, -0.1) is 0 Å². The summed E-state index contributed by atoms with van der Waals surface area (Å²) in [6, 6.07) is 6.84. The van der Waals surface area contributed by atoms with Crippen molar-refractivity contribution < 1.29 is 14.2 Å². The standard InChI is InChI=1S/C22H26N4O3/c1-4-18-19(29-8-7-28-18)9-15(1)11-26-6-5-22(13-26)14-27-12-16-10-23-21(25-20(16)22)24-17-2-3-17/h1,4,9-10,17H,2-3,5-8,11-14H2,(H,23,24,25)/t22-/m0/s1. The highest BCUT2D eigenvalue weighted by Crippen LogP contribution is 2.40. The maximum atomic E-state index is 5.98. The van der Waals surface area contributed by atoms with E-state index in [1.54, 1.807) is 0 Å². The maximum absolute atomic E-state index is 5.98. The highest BCUT2D eigenvalue weighted by molar-refractivity contribution is 5.44. The number of hydrogen-bond acceptors (Lipinski definition) is 7. The summed E-state index contributed by atoms with van der Waals surface area (Å²) in [7, 11) is 0. The molecule has 0 radical (unpaired) electrons. The predicted molar refractivity (Wildman–Crippen MR) is 107 cm³/mol. The number of fused-ring (bicyclic) bond motifs is 3. The number of nitrogens with one attached hydrogen (secondary N) is 1. The van der Waals surface area contributed by atoms with Gasteiger partial charge in [-0.05, 0) is 43.5 Å². The molecule has 7 nitrogen and oxygen atoms in total. The Bertz CT molecular complexity index is 932. The predicted octanol–water partition coefficient (Wildman–Crippen LogP) is 2.50. The molecule has 152 valence electrons. The van der Waals surface area contributed by atoms with E-state index in [9.17, 15) is 0 Å². The van der Waals surface area contributed by atoms with Crippen molar-refractivity contribution in [3.8, 4) is 11.5 Å². The number of ether oxygens (including phenoxy) is 3. The molecule has 0 unspecified atom stereocenters. The second kappa shape index (κ2) is 6.85. The van der Waals surface area contributed by atoms with E-state index in [1.807, 2.05) is 12.3 Å². The van der Waals surface area contributed by atoms with Gasteiger partial charge < -0.3 is 19.5 Å². The van der Waals surface area contributed by atoms with Crippen LogP contribution in [0.2, 0.25) is 0 Å². The number of benzene rings is 1. The third-order valence-electron chi connectivity index (χ3n) is 6.36. The van der Waals surface area contributed by atoms with Gasteiger partial charge in [0.1, 0.15) is 13.2 Å². The molecular formula is C22H26N4O3. The molecule has 1 N–H and O–H groups in total. The van der Waals surface area contributed by atoms with Gasteiger partial charge in [-0.25, -0.2) is 9.97 Å². The Labute approximate surface area is 170 Å². The molecule has 1 spiro atoms. The normalized spacial score (nSPS) is 25.8. The van der Waals surface area contributed by atoms with Crippen LogP contribution in [0, 0.1) is 0 Å². The Balaban J connectivity index is 1.22. The molecule has 0 bridgehead atoms. The highest BCUT2D eigenvalue weighted by atomic mass is 16.6. The van der Waals surface area contributed by atoms with Gasteiger partial charge in [0.05, 0.1) is 24.3 Å². The third-order valence-corrected chi connectivity index (χ3v) is 6.36. The van der Waals surface area contributed by atoms with Crippen molar-refractivity contribution >= 4 is 5.95 Å². The molecule has 7 heteroatoms. The number of hydrogen-bond donors (Lipinski definition) is 1. The van der Waals surface area contributed by atoms with Gasteiger partial charge in [-0.1, -0.05) is 6.07 Å². The van der Waals surface area contributed by atoms with Crippen molar-refractivity contribution in [2.24, 2.45) is 0 Å². The number of rotatable bonds is 4. The molecule has 2 fully saturated rings. The molecule has 1 atom stereocenters. The van der Waals surface area contributed by atoms with Crippen molar-refractivity contribution in [3.05, 3.63) is 41.2 Å². The van der Waals surface area contributed by atoms with E-state index in [-0.39, 0.29) is 5.41 Å². The van der Waals surface area contributed by atoms with Crippen LogP contribution in [0.15, 0.2) is 24.4 Å². The average Bonchev–Trinajstić information content (AvgIpc) is 3.48. The van der Waals surface area contributed by atoms with Gasteiger partial charge in [0.15, 0.2) is 11.5 Å². The second-order valence-electron chi connectivity index (χ2n) is 8.70. The van der Waals surface area contributed by atoms with E-state index >= 15 is 0 Å². The van der Waals surface area contributed by atoms with E-state index in [1.165, 1.54) is 24.1 Å². The summed E-state index contributed by atoms with van der Waals surface area (Å²) in [4.78, 5) is 12.0. The van der Waals surface area contributed by atoms with Crippen LogP contribution in [-0.4, -0.2) is 53.8 Å². The van der Waals surface area contributed by atoms with Crippen LogP contribution >= 0.6 is 0 Å². The zero-order valence-corrected chi connectivity index (χ0v) is 16.5. The molecular weight excluding hydrogens is 368 g/mol. The lowest BCUT2D eigenvalue weighted by molar-refractivity contribution is 0.0503. The monoisotopic (exact) mass is 394 g/mol. The third kappa shape index (κ3) is 3.32. The molecule has 0 amide bonds.